The Hall–Kier alpha value is -2.55. The predicted octanol–water partition coefficient (Wildman–Crippen LogP) is 3.60. The van der Waals surface area contributed by atoms with Gasteiger partial charge in [0.1, 0.15) is 0 Å². The molecule has 1 saturated carbocycles. The summed E-state index contributed by atoms with van der Waals surface area (Å²) in [7, 11) is 1.42. The lowest BCUT2D eigenvalue weighted by molar-refractivity contribution is -0.137. The first kappa shape index (κ1) is 20.7. The van der Waals surface area contributed by atoms with E-state index in [2.05, 4.69) is 10.00 Å². The average molecular weight is 422 g/mol. The number of hydrogen-bond donors (Lipinski definition) is 0. The molecule has 30 heavy (non-hydrogen) atoms. The monoisotopic (exact) mass is 422 g/mol. The molecule has 0 radical (unpaired) electrons. The first-order chi connectivity index (χ1) is 14.4. The summed E-state index contributed by atoms with van der Waals surface area (Å²) in [4.78, 5) is 17.2. The Balaban J connectivity index is 1.51. The molecule has 1 saturated heterocycles. The second-order valence-electron chi connectivity index (χ2n) is 7.81. The summed E-state index contributed by atoms with van der Waals surface area (Å²) in [5.41, 5.74) is -0.442. The molecule has 0 atom stereocenters. The summed E-state index contributed by atoms with van der Waals surface area (Å²) in [6.45, 7) is 2.87. The fraction of sp³-hybridized carbons (Fsp3) is 0.524. The molecule has 1 aliphatic heterocycles. The van der Waals surface area contributed by atoms with Crippen LogP contribution in [0.5, 0.6) is 5.75 Å². The van der Waals surface area contributed by atoms with Crippen molar-refractivity contribution in [1.29, 1.82) is 0 Å². The molecule has 1 aromatic heterocycles. The molecule has 2 aromatic rings. The molecule has 1 amide bonds. The van der Waals surface area contributed by atoms with Crippen molar-refractivity contribution < 1.29 is 22.7 Å². The van der Waals surface area contributed by atoms with Crippen LogP contribution in [0.3, 0.4) is 0 Å². The van der Waals surface area contributed by atoms with Crippen LogP contribution in [0.1, 0.15) is 41.7 Å². The maximum atomic E-state index is 13.0. The number of nitrogens with zero attached hydrogens (tertiary/aromatic N) is 4. The summed E-state index contributed by atoms with van der Waals surface area (Å²) in [6.07, 6.45) is 1.98. The molecule has 1 aromatic carbocycles. The number of methoxy groups -OCH3 is 1. The first-order valence-corrected chi connectivity index (χ1v) is 10.2. The van der Waals surface area contributed by atoms with Crippen molar-refractivity contribution in [1.82, 2.24) is 19.6 Å². The molecule has 0 bridgehead atoms. The van der Waals surface area contributed by atoms with Crippen LogP contribution in [-0.2, 0) is 6.18 Å². The second-order valence-corrected chi connectivity index (χ2v) is 7.81. The van der Waals surface area contributed by atoms with Gasteiger partial charge in [0.2, 0.25) is 0 Å². The third-order valence-electron chi connectivity index (χ3n) is 5.98. The standard InChI is InChI=1S/C21H25F3N4O2/c1-30-18-14-28(17-8-4-5-15(13-17)21(22,23)24)25-19(18)20(29)27-11-9-26(10-12-27)16-6-2-3-7-16/h4-5,8,13-14,16H,2-3,6-7,9-12H2,1H3. The number of aromatic nitrogens is 2. The van der Waals surface area contributed by atoms with Crippen molar-refractivity contribution in [2.24, 2.45) is 0 Å². The number of rotatable bonds is 4. The molecule has 162 valence electrons. The summed E-state index contributed by atoms with van der Waals surface area (Å²) < 4.78 is 45.6. The van der Waals surface area contributed by atoms with Crippen LogP contribution < -0.4 is 4.74 Å². The van der Waals surface area contributed by atoms with Gasteiger partial charge in [-0.15, -0.1) is 0 Å². The number of ether oxygens (including phenoxy) is 1. The van der Waals surface area contributed by atoms with Crippen molar-refractivity contribution in [3.8, 4) is 11.4 Å². The molecule has 0 unspecified atom stereocenters. The number of piperazine rings is 1. The number of carbonyl (C=O) groups is 1. The van der Waals surface area contributed by atoms with Crippen LogP contribution in [0.15, 0.2) is 30.5 Å². The van der Waals surface area contributed by atoms with Crippen molar-refractivity contribution in [3.63, 3.8) is 0 Å². The minimum atomic E-state index is -4.45. The Bertz CT molecular complexity index is 898. The Morgan fingerprint density at radius 3 is 2.47 bits per heavy atom. The number of carbonyl (C=O) groups excluding carboxylic acids is 1. The van der Waals surface area contributed by atoms with Gasteiger partial charge < -0.3 is 9.64 Å². The van der Waals surface area contributed by atoms with Crippen LogP contribution in [-0.4, -0.2) is 64.8 Å². The van der Waals surface area contributed by atoms with E-state index in [-0.39, 0.29) is 23.0 Å². The fourth-order valence-corrected chi connectivity index (χ4v) is 4.32. The van der Waals surface area contributed by atoms with E-state index in [1.165, 1.54) is 55.8 Å². The first-order valence-electron chi connectivity index (χ1n) is 10.2. The van der Waals surface area contributed by atoms with E-state index in [9.17, 15) is 18.0 Å². The predicted molar refractivity (Wildman–Crippen MR) is 105 cm³/mol. The van der Waals surface area contributed by atoms with Crippen LogP contribution >= 0.6 is 0 Å². The van der Waals surface area contributed by atoms with Gasteiger partial charge in [0, 0.05) is 32.2 Å². The molecule has 2 fully saturated rings. The quantitative estimate of drug-likeness (QED) is 0.756. The van der Waals surface area contributed by atoms with Crippen molar-refractivity contribution >= 4 is 5.91 Å². The molecule has 9 heteroatoms. The van der Waals surface area contributed by atoms with Gasteiger partial charge in [0.05, 0.1) is 24.6 Å². The smallest absolute Gasteiger partial charge is 0.416 e. The third kappa shape index (κ3) is 4.16. The second kappa shape index (κ2) is 8.29. The zero-order valence-corrected chi connectivity index (χ0v) is 16.9. The van der Waals surface area contributed by atoms with Crippen LogP contribution in [0, 0.1) is 0 Å². The summed E-state index contributed by atoms with van der Waals surface area (Å²) in [6, 6.07) is 5.45. The minimum Gasteiger partial charge on any atom is -0.493 e. The Morgan fingerprint density at radius 1 is 1.13 bits per heavy atom. The number of alkyl halides is 3. The molecular weight excluding hydrogens is 397 g/mol. The van der Waals surface area contributed by atoms with Gasteiger partial charge in [0.25, 0.3) is 5.91 Å². The Kier molecular flexibility index (Phi) is 5.73. The number of benzene rings is 1. The van der Waals surface area contributed by atoms with Crippen molar-refractivity contribution in [3.05, 3.63) is 41.7 Å². The van der Waals surface area contributed by atoms with Crippen molar-refractivity contribution in [2.45, 2.75) is 37.9 Å². The van der Waals surface area contributed by atoms with E-state index >= 15 is 0 Å². The fourth-order valence-electron chi connectivity index (χ4n) is 4.32. The van der Waals surface area contributed by atoms with Gasteiger partial charge in [-0.2, -0.15) is 18.3 Å². The normalized spacial score (nSPS) is 18.7. The minimum absolute atomic E-state index is 0.115. The van der Waals surface area contributed by atoms with Crippen LogP contribution in [0.4, 0.5) is 13.2 Å². The lowest BCUT2D eigenvalue weighted by Crippen LogP contribution is -2.51. The highest BCUT2D eigenvalue weighted by atomic mass is 19.4. The number of hydrogen-bond acceptors (Lipinski definition) is 4. The van der Waals surface area contributed by atoms with E-state index < -0.39 is 11.7 Å². The number of halogens is 3. The Labute approximate surface area is 173 Å². The third-order valence-corrected chi connectivity index (χ3v) is 5.98. The van der Waals surface area contributed by atoms with E-state index in [0.29, 0.717) is 19.1 Å². The zero-order valence-electron chi connectivity index (χ0n) is 16.9. The molecule has 4 rings (SSSR count). The number of amides is 1. The van der Waals surface area contributed by atoms with E-state index in [0.717, 1.165) is 25.2 Å². The largest absolute Gasteiger partial charge is 0.493 e. The van der Waals surface area contributed by atoms with E-state index in [4.69, 9.17) is 4.74 Å². The molecule has 2 heterocycles. The lowest BCUT2D eigenvalue weighted by atomic mass is 10.1. The average Bonchev–Trinajstić information content (AvgIpc) is 3.43. The van der Waals surface area contributed by atoms with Gasteiger partial charge in [-0.1, -0.05) is 18.9 Å². The van der Waals surface area contributed by atoms with E-state index in [1.807, 2.05) is 0 Å². The molecule has 1 aliphatic carbocycles. The highest BCUT2D eigenvalue weighted by molar-refractivity contribution is 5.95. The Morgan fingerprint density at radius 2 is 1.83 bits per heavy atom. The van der Waals surface area contributed by atoms with Crippen molar-refractivity contribution in [2.75, 3.05) is 33.3 Å². The SMILES string of the molecule is COc1cn(-c2cccc(C(F)(F)F)c2)nc1C(=O)N1CCN(C2CCCC2)CC1. The summed E-state index contributed by atoms with van der Waals surface area (Å²) in [5, 5.41) is 4.27. The van der Waals surface area contributed by atoms with Gasteiger partial charge >= 0.3 is 6.18 Å². The molecular formula is C21H25F3N4O2. The summed E-state index contributed by atoms with van der Waals surface area (Å²) in [5.74, 6) is -0.0146. The van der Waals surface area contributed by atoms with Gasteiger partial charge in [-0.25, -0.2) is 4.68 Å². The lowest BCUT2D eigenvalue weighted by Gasteiger charge is -2.37. The molecule has 0 N–H and O–H groups in total. The van der Waals surface area contributed by atoms with Crippen LogP contribution in [0.25, 0.3) is 5.69 Å². The molecule has 6 nitrogen and oxygen atoms in total. The van der Waals surface area contributed by atoms with Gasteiger partial charge in [-0.3, -0.25) is 9.69 Å². The van der Waals surface area contributed by atoms with Gasteiger partial charge in [-0.05, 0) is 31.0 Å². The topological polar surface area (TPSA) is 50.6 Å². The van der Waals surface area contributed by atoms with E-state index in [1.54, 1.807) is 4.90 Å². The summed E-state index contributed by atoms with van der Waals surface area (Å²) >= 11 is 0. The maximum Gasteiger partial charge on any atom is 0.416 e. The maximum absolute atomic E-state index is 13.0. The zero-order chi connectivity index (χ0) is 21.3. The molecule has 2 aliphatic rings. The molecule has 0 spiro atoms. The van der Waals surface area contributed by atoms with Gasteiger partial charge in [0.15, 0.2) is 11.4 Å². The van der Waals surface area contributed by atoms with Crippen LogP contribution in [0.2, 0.25) is 0 Å². The highest BCUT2D eigenvalue weighted by Gasteiger charge is 2.32. The highest BCUT2D eigenvalue weighted by Crippen LogP contribution is 2.31.